The molecule has 0 unspecified atom stereocenters. The molecule has 0 aliphatic rings. The molecule has 30 heavy (non-hydrogen) atoms. The third-order valence-corrected chi connectivity index (χ3v) is 5.49. The molecule has 0 spiro atoms. The van der Waals surface area contributed by atoms with Crippen molar-refractivity contribution in [1.82, 2.24) is 10.3 Å². The van der Waals surface area contributed by atoms with E-state index in [1.54, 1.807) is 31.2 Å². The summed E-state index contributed by atoms with van der Waals surface area (Å²) in [5.41, 5.74) is 1.12. The molecule has 0 aliphatic carbocycles. The molecule has 0 fully saturated rings. The van der Waals surface area contributed by atoms with Gasteiger partial charge >= 0.3 is 0 Å². The van der Waals surface area contributed by atoms with Crippen LogP contribution >= 0.6 is 0 Å². The molecule has 1 aromatic heterocycles. The number of anilines is 1. The van der Waals surface area contributed by atoms with E-state index in [-0.39, 0.29) is 35.5 Å². The molecule has 3 aromatic rings. The SMILES string of the molecule is COCC(=O)NCc1nc(-c2ccccc2NS(=O)(=O)c2cccc(F)c2)oc1C. The minimum atomic E-state index is -4.03. The number of sulfonamides is 1. The van der Waals surface area contributed by atoms with Gasteiger partial charge in [-0.25, -0.2) is 17.8 Å². The second-order valence-corrected chi connectivity index (χ2v) is 8.02. The van der Waals surface area contributed by atoms with Gasteiger partial charge in [0.1, 0.15) is 23.9 Å². The number of aryl methyl sites for hydroxylation is 1. The number of amides is 1. The van der Waals surface area contributed by atoms with E-state index in [9.17, 15) is 17.6 Å². The average Bonchev–Trinajstić information content (AvgIpc) is 3.07. The van der Waals surface area contributed by atoms with E-state index in [1.165, 1.54) is 19.2 Å². The van der Waals surface area contributed by atoms with Crippen molar-refractivity contribution in [1.29, 1.82) is 0 Å². The molecule has 1 heterocycles. The Morgan fingerprint density at radius 1 is 1.20 bits per heavy atom. The highest BCUT2D eigenvalue weighted by molar-refractivity contribution is 7.92. The van der Waals surface area contributed by atoms with Crippen LogP contribution in [0.2, 0.25) is 0 Å². The van der Waals surface area contributed by atoms with E-state index in [2.05, 4.69) is 15.0 Å². The first-order valence-corrected chi connectivity index (χ1v) is 10.4. The summed E-state index contributed by atoms with van der Waals surface area (Å²) in [6, 6.07) is 11.2. The Morgan fingerprint density at radius 3 is 2.70 bits per heavy atom. The smallest absolute Gasteiger partial charge is 0.262 e. The van der Waals surface area contributed by atoms with Crippen LogP contribution in [0, 0.1) is 12.7 Å². The molecule has 2 N–H and O–H groups in total. The van der Waals surface area contributed by atoms with Crippen molar-refractivity contribution in [3.63, 3.8) is 0 Å². The largest absolute Gasteiger partial charge is 0.441 e. The van der Waals surface area contributed by atoms with Crippen LogP contribution in [0.3, 0.4) is 0 Å². The van der Waals surface area contributed by atoms with Crippen LogP contribution < -0.4 is 10.0 Å². The summed E-state index contributed by atoms with van der Waals surface area (Å²) in [6.45, 7) is 1.75. The number of carbonyl (C=O) groups is 1. The van der Waals surface area contributed by atoms with Gasteiger partial charge in [0.05, 0.1) is 22.7 Å². The fraction of sp³-hybridized carbons (Fsp3) is 0.200. The van der Waals surface area contributed by atoms with Gasteiger partial charge in [-0.1, -0.05) is 18.2 Å². The Balaban J connectivity index is 1.87. The molecule has 158 valence electrons. The van der Waals surface area contributed by atoms with E-state index in [0.29, 0.717) is 17.0 Å². The number of methoxy groups -OCH3 is 1. The van der Waals surface area contributed by atoms with Crippen molar-refractivity contribution in [3.8, 4) is 11.5 Å². The number of benzene rings is 2. The molecule has 2 aromatic carbocycles. The molecular formula is C20H20FN3O5S. The molecule has 1 amide bonds. The molecule has 0 atom stereocenters. The number of hydrogen-bond acceptors (Lipinski definition) is 6. The van der Waals surface area contributed by atoms with Crippen LogP contribution in [0.1, 0.15) is 11.5 Å². The van der Waals surface area contributed by atoms with Crippen molar-refractivity contribution >= 4 is 21.6 Å². The Bertz CT molecular complexity index is 1160. The molecule has 3 rings (SSSR count). The predicted octanol–water partition coefficient (Wildman–Crippen LogP) is 2.85. The van der Waals surface area contributed by atoms with E-state index in [4.69, 9.17) is 9.15 Å². The Hall–Kier alpha value is -3.24. The number of para-hydroxylation sites is 1. The average molecular weight is 433 g/mol. The highest BCUT2D eigenvalue weighted by Gasteiger charge is 2.20. The molecule has 0 saturated heterocycles. The zero-order valence-corrected chi connectivity index (χ0v) is 17.1. The third-order valence-electron chi connectivity index (χ3n) is 4.13. The number of aromatic nitrogens is 1. The van der Waals surface area contributed by atoms with Crippen molar-refractivity contribution in [3.05, 3.63) is 65.8 Å². The van der Waals surface area contributed by atoms with Gasteiger partial charge in [0.2, 0.25) is 11.8 Å². The van der Waals surface area contributed by atoms with Crippen LogP contribution in [0.4, 0.5) is 10.1 Å². The third kappa shape index (κ3) is 5.02. The van der Waals surface area contributed by atoms with E-state index >= 15 is 0 Å². The van der Waals surface area contributed by atoms with Crippen LogP contribution in [-0.2, 0) is 26.1 Å². The van der Waals surface area contributed by atoms with Gasteiger partial charge in [0.25, 0.3) is 10.0 Å². The van der Waals surface area contributed by atoms with Crippen molar-refractivity contribution < 1.29 is 26.8 Å². The van der Waals surface area contributed by atoms with Gasteiger partial charge < -0.3 is 14.5 Å². The highest BCUT2D eigenvalue weighted by atomic mass is 32.2. The monoisotopic (exact) mass is 433 g/mol. The van der Waals surface area contributed by atoms with Crippen molar-refractivity contribution in [2.75, 3.05) is 18.4 Å². The minimum absolute atomic E-state index is 0.0750. The number of ether oxygens (including phenoxy) is 1. The second kappa shape index (κ2) is 9.06. The number of rotatable bonds is 8. The number of oxazole rings is 1. The first-order chi connectivity index (χ1) is 14.3. The number of carbonyl (C=O) groups excluding carboxylic acids is 1. The van der Waals surface area contributed by atoms with Gasteiger partial charge in [0.15, 0.2) is 0 Å². The molecule has 8 nitrogen and oxygen atoms in total. The first kappa shape index (κ1) is 21.5. The van der Waals surface area contributed by atoms with E-state index in [0.717, 1.165) is 12.1 Å². The van der Waals surface area contributed by atoms with Crippen LogP contribution in [0.5, 0.6) is 0 Å². The van der Waals surface area contributed by atoms with Gasteiger partial charge in [-0.3, -0.25) is 9.52 Å². The lowest BCUT2D eigenvalue weighted by molar-refractivity contribution is -0.124. The Morgan fingerprint density at radius 2 is 1.97 bits per heavy atom. The van der Waals surface area contributed by atoms with Crippen LogP contribution in [-0.4, -0.2) is 33.0 Å². The maximum absolute atomic E-state index is 13.5. The summed E-state index contributed by atoms with van der Waals surface area (Å²) < 4.78 is 51.7. The Kier molecular flexibility index (Phi) is 6.48. The maximum Gasteiger partial charge on any atom is 0.262 e. The topological polar surface area (TPSA) is 111 Å². The van der Waals surface area contributed by atoms with Crippen molar-refractivity contribution in [2.45, 2.75) is 18.4 Å². The van der Waals surface area contributed by atoms with E-state index < -0.39 is 15.8 Å². The van der Waals surface area contributed by atoms with Gasteiger partial charge in [-0.2, -0.15) is 0 Å². The lowest BCUT2D eigenvalue weighted by Crippen LogP contribution is -2.26. The Labute approximate surface area is 173 Å². The van der Waals surface area contributed by atoms with Gasteiger partial charge in [-0.05, 0) is 37.3 Å². The summed E-state index contributed by atoms with van der Waals surface area (Å²) in [5, 5.41) is 2.65. The number of nitrogens with one attached hydrogen (secondary N) is 2. The number of hydrogen-bond donors (Lipinski definition) is 2. The van der Waals surface area contributed by atoms with Gasteiger partial charge in [-0.15, -0.1) is 0 Å². The lowest BCUT2D eigenvalue weighted by atomic mass is 10.2. The fourth-order valence-corrected chi connectivity index (χ4v) is 3.78. The summed E-state index contributed by atoms with van der Waals surface area (Å²) >= 11 is 0. The maximum atomic E-state index is 13.5. The quantitative estimate of drug-likeness (QED) is 0.565. The zero-order valence-electron chi connectivity index (χ0n) is 16.3. The fourth-order valence-electron chi connectivity index (χ4n) is 2.67. The first-order valence-electron chi connectivity index (χ1n) is 8.90. The van der Waals surface area contributed by atoms with E-state index in [1.807, 2.05) is 0 Å². The van der Waals surface area contributed by atoms with Gasteiger partial charge in [0, 0.05) is 7.11 Å². The predicted molar refractivity (Wildman–Crippen MR) is 108 cm³/mol. The standard InChI is InChI=1S/C20H20FN3O5S/c1-13-18(11-22-19(25)12-28-2)23-20(29-13)16-8-3-4-9-17(16)24-30(26,27)15-7-5-6-14(21)10-15/h3-10,24H,11-12H2,1-2H3,(H,22,25). The second-order valence-electron chi connectivity index (χ2n) is 6.34. The van der Waals surface area contributed by atoms with Crippen molar-refractivity contribution in [2.24, 2.45) is 0 Å². The number of halogens is 1. The summed E-state index contributed by atoms with van der Waals surface area (Å²) in [7, 11) is -2.61. The van der Waals surface area contributed by atoms with Crippen LogP contribution in [0.15, 0.2) is 57.8 Å². The highest BCUT2D eigenvalue weighted by Crippen LogP contribution is 2.30. The molecule has 0 radical (unpaired) electrons. The minimum Gasteiger partial charge on any atom is -0.441 e. The molecule has 0 saturated carbocycles. The number of nitrogens with zero attached hydrogens (tertiary/aromatic N) is 1. The molecular weight excluding hydrogens is 413 g/mol. The molecule has 0 bridgehead atoms. The summed E-state index contributed by atoms with van der Waals surface area (Å²) in [6.07, 6.45) is 0. The molecule has 10 heteroatoms. The molecule has 0 aliphatic heterocycles. The summed E-state index contributed by atoms with van der Waals surface area (Å²) in [4.78, 5) is 15.7. The summed E-state index contributed by atoms with van der Waals surface area (Å²) in [5.74, 6) is -0.300. The van der Waals surface area contributed by atoms with Crippen LogP contribution in [0.25, 0.3) is 11.5 Å². The zero-order chi connectivity index (χ0) is 21.7. The normalized spacial score (nSPS) is 11.3. The lowest BCUT2D eigenvalue weighted by Gasteiger charge is -2.11.